The lowest BCUT2D eigenvalue weighted by atomic mass is 9.67. The Balaban J connectivity index is 0.922. The summed E-state index contributed by atoms with van der Waals surface area (Å²) in [7, 11) is 0. The monoisotopic (exact) mass is 963 g/mol. The van der Waals surface area contributed by atoms with E-state index in [1.54, 1.807) is 6.33 Å². The number of amidine groups is 1. The summed E-state index contributed by atoms with van der Waals surface area (Å²) < 4.78 is 0. The van der Waals surface area contributed by atoms with Gasteiger partial charge in [0.15, 0.2) is 0 Å². The Hall–Kier alpha value is -9.19. The number of fused-ring (bicyclic) bond motifs is 6. The molecule has 5 nitrogen and oxygen atoms in total. The number of rotatable bonds is 8. The van der Waals surface area contributed by atoms with Gasteiger partial charge in [-0.15, -0.1) is 0 Å². The summed E-state index contributed by atoms with van der Waals surface area (Å²) in [5.41, 5.74) is 20.4. The third-order valence-electron chi connectivity index (χ3n) is 16.2. The molecule has 0 radical (unpaired) electrons. The number of para-hydroxylation sites is 1. The zero-order chi connectivity index (χ0) is 50.5. The van der Waals surface area contributed by atoms with Gasteiger partial charge in [-0.1, -0.05) is 206 Å². The number of hydrogen-bond acceptors (Lipinski definition) is 5. The SMILES string of the molecule is CC1(C)N=C(c2ccc(-c3ccc(N(c4ccc(-c5ccccc5)cc4)c4ccc5c(c4)C(c4ccccc4)(c4ccccc4)c4ccccc4-5)c4ccccc34)cc2)N2c3ccccc3C(C)(C)c3ncnc1c32. The lowest BCUT2D eigenvalue weighted by Crippen LogP contribution is -2.44. The molecule has 1 aromatic heterocycles. The van der Waals surface area contributed by atoms with Crippen LogP contribution in [0.15, 0.2) is 254 Å². The highest BCUT2D eigenvalue weighted by atomic mass is 15.3. The van der Waals surface area contributed by atoms with Gasteiger partial charge in [-0.2, -0.15) is 0 Å². The normalized spacial score (nSPS) is 15.0. The summed E-state index contributed by atoms with van der Waals surface area (Å²) in [4.78, 5) is 20.1. The van der Waals surface area contributed by atoms with E-state index in [0.717, 1.165) is 67.7 Å². The number of aliphatic imine (C=N–C) groups is 1. The Morgan fingerprint density at radius 1 is 0.400 bits per heavy atom. The average molecular weight is 964 g/mol. The van der Waals surface area contributed by atoms with Gasteiger partial charge in [0.2, 0.25) is 0 Å². The quantitative estimate of drug-likeness (QED) is 0.152. The van der Waals surface area contributed by atoms with E-state index < -0.39 is 11.0 Å². The molecule has 0 fully saturated rings. The van der Waals surface area contributed by atoms with Crippen molar-refractivity contribution >= 4 is 45.0 Å². The molecule has 2 aliphatic heterocycles. The molecule has 0 bridgehead atoms. The van der Waals surface area contributed by atoms with Crippen LogP contribution < -0.4 is 9.80 Å². The highest BCUT2D eigenvalue weighted by molar-refractivity contribution is 6.18. The lowest BCUT2D eigenvalue weighted by molar-refractivity contribution is 0.516. The Morgan fingerprint density at radius 3 is 1.65 bits per heavy atom. The van der Waals surface area contributed by atoms with E-state index in [9.17, 15) is 0 Å². The maximum Gasteiger partial charge on any atom is 0.141 e. The first-order valence-electron chi connectivity index (χ1n) is 26.0. The summed E-state index contributed by atoms with van der Waals surface area (Å²) in [6, 6.07) is 89.1. The van der Waals surface area contributed by atoms with Crippen LogP contribution in [-0.2, 0) is 16.4 Å². The number of nitrogens with zero attached hydrogens (tertiary/aromatic N) is 5. The standard InChI is InChI=1S/C70H53N5/c1-68(2)60-30-18-19-31-63(60)75-64-65(68)71-45-72-66(64)69(3,4)73-67(75)49-34-32-48(33-35-49)54-42-43-62(58-28-15-14-26-55(54)58)74(52-38-36-47(37-39-52)46-20-8-5-9-21-46)53-40-41-57-56-27-16-17-29-59(56)70(61(57)44-53,50-22-10-6-11-23-50)51-24-12-7-13-25-51/h5-45H,1-4H3. The molecule has 0 spiro atoms. The minimum atomic E-state index is -0.562. The van der Waals surface area contributed by atoms with Crippen molar-refractivity contribution in [1.29, 1.82) is 0 Å². The molecule has 3 aliphatic rings. The van der Waals surface area contributed by atoms with E-state index in [-0.39, 0.29) is 5.41 Å². The second-order valence-corrected chi connectivity index (χ2v) is 21.2. The fraction of sp³-hybridized carbons (Fsp3) is 0.100. The van der Waals surface area contributed by atoms with E-state index in [1.165, 1.54) is 55.5 Å². The fourth-order valence-electron chi connectivity index (χ4n) is 12.7. The molecule has 0 N–H and O–H groups in total. The van der Waals surface area contributed by atoms with E-state index >= 15 is 0 Å². The van der Waals surface area contributed by atoms with Gasteiger partial charge in [-0.05, 0) is 131 Å². The second-order valence-electron chi connectivity index (χ2n) is 21.2. The smallest absolute Gasteiger partial charge is 0.141 e. The Labute approximate surface area is 438 Å². The van der Waals surface area contributed by atoms with Crippen LogP contribution in [0.2, 0.25) is 0 Å². The number of benzene rings is 10. The van der Waals surface area contributed by atoms with Crippen molar-refractivity contribution < 1.29 is 0 Å². The van der Waals surface area contributed by atoms with Crippen LogP contribution in [0.5, 0.6) is 0 Å². The summed E-state index contributed by atoms with van der Waals surface area (Å²) >= 11 is 0. The topological polar surface area (TPSA) is 44.6 Å². The van der Waals surface area contributed by atoms with E-state index in [0.29, 0.717) is 0 Å². The van der Waals surface area contributed by atoms with Crippen molar-refractivity contribution in [3.63, 3.8) is 0 Å². The van der Waals surface area contributed by atoms with Crippen molar-refractivity contribution in [1.82, 2.24) is 9.97 Å². The summed E-state index contributed by atoms with van der Waals surface area (Å²) in [5, 5.41) is 2.33. The van der Waals surface area contributed by atoms with Gasteiger partial charge < -0.3 is 4.90 Å². The van der Waals surface area contributed by atoms with Crippen LogP contribution in [0.25, 0.3) is 44.2 Å². The molecule has 3 heterocycles. The molecule has 1 aliphatic carbocycles. The van der Waals surface area contributed by atoms with Crippen LogP contribution in [0.4, 0.5) is 28.4 Å². The molecule has 0 unspecified atom stereocenters. The molecular formula is C70H53N5. The van der Waals surface area contributed by atoms with Crippen LogP contribution in [0, 0.1) is 0 Å². The van der Waals surface area contributed by atoms with E-state index in [1.807, 2.05) is 0 Å². The number of aromatic nitrogens is 2. The molecule has 0 saturated heterocycles. The molecule has 10 aromatic carbocycles. The fourth-order valence-corrected chi connectivity index (χ4v) is 12.7. The zero-order valence-electron chi connectivity index (χ0n) is 42.4. The Morgan fingerprint density at radius 2 is 0.933 bits per heavy atom. The van der Waals surface area contributed by atoms with Gasteiger partial charge in [-0.25, -0.2) is 9.97 Å². The van der Waals surface area contributed by atoms with E-state index in [2.05, 4.69) is 280 Å². The number of anilines is 5. The summed E-state index contributed by atoms with van der Waals surface area (Å²) in [5.74, 6) is 0.896. The third-order valence-corrected chi connectivity index (χ3v) is 16.2. The van der Waals surface area contributed by atoms with Gasteiger partial charge in [-0.3, -0.25) is 9.89 Å². The van der Waals surface area contributed by atoms with Gasteiger partial charge in [0.1, 0.15) is 17.7 Å². The minimum absolute atomic E-state index is 0.307. The van der Waals surface area contributed by atoms with Crippen molar-refractivity contribution in [2.24, 2.45) is 4.99 Å². The first-order valence-corrected chi connectivity index (χ1v) is 26.0. The molecule has 14 rings (SSSR count). The van der Waals surface area contributed by atoms with Gasteiger partial charge in [0.25, 0.3) is 0 Å². The van der Waals surface area contributed by atoms with Gasteiger partial charge in [0.05, 0.1) is 33.9 Å². The Kier molecular flexibility index (Phi) is 10.1. The summed E-state index contributed by atoms with van der Waals surface area (Å²) in [6.45, 7) is 8.85. The lowest BCUT2D eigenvalue weighted by Gasteiger charge is -2.45. The van der Waals surface area contributed by atoms with Crippen LogP contribution in [-0.4, -0.2) is 15.8 Å². The van der Waals surface area contributed by atoms with Crippen LogP contribution in [0.1, 0.15) is 72.5 Å². The largest absolute Gasteiger partial charge is 0.310 e. The van der Waals surface area contributed by atoms with Crippen molar-refractivity contribution in [2.75, 3.05) is 9.80 Å². The summed E-state index contributed by atoms with van der Waals surface area (Å²) in [6.07, 6.45) is 1.71. The zero-order valence-corrected chi connectivity index (χ0v) is 42.4. The molecule has 0 amide bonds. The molecular weight excluding hydrogens is 911 g/mol. The molecule has 358 valence electrons. The van der Waals surface area contributed by atoms with Crippen LogP contribution >= 0.6 is 0 Å². The maximum atomic E-state index is 5.49. The third kappa shape index (κ3) is 6.74. The predicted octanol–water partition coefficient (Wildman–Crippen LogP) is 17.3. The first kappa shape index (κ1) is 44.5. The molecule has 75 heavy (non-hydrogen) atoms. The van der Waals surface area contributed by atoms with Crippen molar-refractivity contribution in [2.45, 2.75) is 44.1 Å². The maximum absolute atomic E-state index is 5.49. The van der Waals surface area contributed by atoms with Gasteiger partial charge in [0, 0.05) is 27.7 Å². The molecule has 5 heteroatoms. The second kappa shape index (κ2) is 16.9. The molecule has 11 aromatic rings. The minimum Gasteiger partial charge on any atom is -0.310 e. The highest BCUT2D eigenvalue weighted by Gasteiger charge is 2.48. The first-order chi connectivity index (χ1) is 36.7. The highest BCUT2D eigenvalue weighted by Crippen LogP contribution is 2.58. The predicted molar refractivity (Wildman–Crippen MR) is 309 cm³/mol. The number of hydrogen-bond donors (Lipinski definition) is 0. The average Bonchev–Trinajstić information content (AvgIpc) is 3.82. The van der Waals surface area contributed by atoms with Gasteiger partial charge >= 0.3 is 0 Å². The molecule has 0 atom stereocenters. The van der Waals surface area contributed by atoms with Crippen molar-refractivity contribution in [3.05, 3.63) is 294 Å². The Bertz CT molecular complexity index is 4010. The van der Waals surface area contributed by atoms with E-state index in [4.69, 9.17) is 15.0 Å². The molecule has 0 saturated carbocycles. The van der Waals surface area contributed by atoms with Crippen LogP contribution in [0.3, 0.4) is 0 Å². The van der Waals surface area contributed by atoms with Crippen molar-refractivity contribution in [3.8, 4) is 33.4 Å².